The lowest BCUT2D eigenvalue weighted by Crippen LogP contribution is -2.43. The highest BCUT2D eigenvalue weighted by molar-refractivity contribution is 5.75. The first-order valence-corrected chi connectivity index (χ1v) is 11.1. The number of hydrogen-bond donors (Lipinski definition) is 2. The van der Waals surface area contributed by atoms with E-state index < -0.39 is 0 Å². The van der Waals surface area contributed by atoms with Crippen molar-refractivity contribution in [2.75, 3.05) is 43.0 Å². The van der Waals surface area contributed by atoms with Gasteiger partial charge in [-0.1, -0.05) is 18.2 Å². The average molecular weight is 443 g/mol. The number of piperazine rings is 1. The van der Waals surface area contributed by atoms with Crippen molar-refractivity contribution in [3.05, 3.63) is 83.3 Å². The third-order valence-corrected chi connectivity index (χ3v) is 5.66. The number of fused-ring (bicyclic) bond motifs is 1. The molecule has 8 nitrogen and oxygen atoms in total. The van der Waals surface area contributed by atoms with Gasteiger partial charge in [-0.05, 0) is 42.5 Å². The predicted molar refractivity (Wildman–Crippen MR) is 131 cm³/mol. The molecule has 1 aliphatic heterocycles. The molecule has 0 amide bonds. The van der Waals surface area contributed by atoms with Crippen LogP contribution in [0.3, 0.4) is 0 Å². The summed E-state index contributed by atoms with van der Waals surface area (Å²) >= 11 is 0. The minimum Gasteiger partial charge on any atom is -0.492 e. The minimum atomic E-state index is -0.121. The lowest BCUT2D eigenvalue weighted by atomic mass is 10.2. The molecule has 2 N–H and O–H groups in total. The fourth-order valence-electron chi connectivity index (χ4n) is 3.93. The standard InChI is InChI=1S/C25H26N6O2/c32-23-11-6-19-18-27-25(28-20-7-9-21(10-8-20)30-14-12-26-13-15-30)29-24(19)31(23)16-17-33-22-4-2-1-3-5-22/h1-11,18,26H,12-17H2,(H,27,28,29). The third kappa shape index (κ3) is 4.96. The van der Waals surface area contributed by atoms with Crippen LogP contribution in [0.25, 0.3) is 11.0 Å². The second-order valence-corrected chi connectivity index (χ2v) is 7.87. The van der Waals surface area contributed by atoms with E-state index in [1.165, 1.54) is 11.8 Å². The molecule has 2 aromatic carbocycles. The van der Waals surface area contributed by atoms with Gasteiger partial charge in [0.1, 0.15) is 18.0 Å². The van der Waals surface area contributed by atoms with Crippen molar-refractivity contribution >= 4 is 28.4 Å². The monoisotopic (exact) mass is 442 g/mol. The Morgan fingerprint density at radius 3 is 2.55 bits per heavy atom. The van der Waals surface area contributed by atoms with Crippen LogP contribution < -0.4 is 25.8 Å². The summed E-state index contributed by atoms with van der Waals surface area (Å²) in [5, 5.41) is 7.42. The molecule has 0 spiro atoms. The summed E-state index contributed by atoms with van der Waals surface area (Å²) in [5.41, 5.74) is 2.55. The number of para-hydroxylation sites is 1. The highest BCUT2D eigenvalue weighted by Crippen LogP contribution is 2.21. The number of ether oxygens (including phenoxy) is 1. The Morgan fingerprint density at radius 2 is 1.76 bits per heavy atom. The summed E-state index contributed by atoms with van der Waals surface area (Å²) in [6.45, 7) is 4.77. The summed E-state index contributed by atoms with van der Waals surface area (Å²) in [5.74, 6) is 1.22. The molecule has 5 rings (SSSR count). The minimum absolute atomic E-state index is 0.121. The number of anilines is 3. The van der Waals surface area contributed by atoms with E-state index in [4.69, 9.17) is 4.74 Å². The summed E-state index contributed by atoms with van der Waals surface area (Å²) < 4.78 is 7.40. The van der Waals surface area contributed by atoms with Gasteiger partial charge in [-0.2, -0.15) is 4.98 Å². The first-order chi connectivity index (χ1) is 16.3. The van der Waals surface area contributed by atoms with E-state index >= 15 is 0 Å². The smallest absolute Gasteiger partial charge is 0.252 e. The van der Waals surface area contributed by atoms with E-state index in [-0.39, 0.29) is 5.56 Å². The van der Waals surface area contributed by atoms with Gasteiger partial charge < -0.3 is 20.3 Å². The van der Waals surface area contributed by atoms with Crippen LogP contribution in [0, 0.1) is 0 Å². The Morgan fingerprint density at radius 1 is 0.970 bits per heavy atom. The number of rotatable bonds is 7. The molecule has 0 saturated carbocycles. The van der Waals surface area contributed by atoms with Crippen molar-refractivity contribution in [1.82, 2.24) is 19.9 Å². The molecule has 0 aliphatic carbocycles. The molecule has 1 aliphatic rings. The average Bonchev–Trinajstić information content (AvgIpc) is 2.87. The zero-order valence-corrected chi connectivity index (χ0v) is 18.3. The highest BCUT2D eigenvalue weighted by Gasteiger charge is 2.11. The summed E-state index contributed by atoms with van der Waals surface area (Å²) in [4.78, 5) is 24.0. The fourth-order valence-corrected chi connectivity index (χ4v) is 3.93. The molecular weight excluding hydrogens is 416 g/mol. The number of hydrogen-bond acceptors (Lipinski definition) is 7. The van der Waals surface area contributed by atoms with Crippen molar-refractivity contribution < 1.29 is 4.74 Å². The van der Waals surface area contributed by atoms with Crippen LogP contribution in [0.15, 0.2) is 77.7 Å². The lowest BCUT2D eigenvalue weighted by molar-refractivity contribution is 0.298. The highest BCUT2D eigenvalue weighted by atomic mass is 16.5. The van der Waals surface area contributed by atoms with Crippen molar-refractivity contribution in [3.8, 4) is 5.75 Å². The number of benzene rings is 2. The maximum Gasteiger partial charge on any atom is 0.252 e. The van der Waals surface area contributed by atoms with Gasteiger partial charge in [0.2, 0.25) is 5.95 Å². The van der Waals surface area contributed by atoms with E-state index in [0.717, 1.165) is 43.0 Å². The Kier molecular flexibility index (Phi) is 6.16. The zero-order chi connectivity index (χ0) is 22.5. The van der Waals surface area contributed by atoms with Crippen LogP contribution in [0.5, 0.6) is 5.75 Å². The fraction of sp³-hybridized carbons (Fsp3) is 0.240. The van der Waals surface area contributed by atoms with Gasteiger partial charge in [-0.15, -0.1) is 0 Å². The summed E-state index contributed by atoms with van der Waals surface area (Å²) in [6.07, 6.45) is 1.73. The molecular formula is C25H26N6O2. The van der Waals surface area contributed by atoms with E-state index in [2.05, 4.69) is 37.6 Å². The maximum atomic E-state index is 12.6. The zero-order valence-electron chi connectivity index (χ0n) is 18.3. The van der Waals surface area contributed by atoms with E-state index in [0.29, 0.717) is 24.7 Å². The molecule has 1 fully saturated rings. The summed E-state index contributed by atoms with van der Waals surface area (Å²) in [7, 11) is 0. The van der Waals surface area contributed by atoms with Crippen LogP contribution in [0.2, 0.25) is 0 Å². The van der Waals surface area contributed by atoms with Crippen molar-refractivity contribution in [3.63, 3.8) is 0 Å². The quantitative estimate of drug-likeness (QED) is 0.455. The van der Waals surface area contributed by atoms with Crippen LogP contribution in [0.1, 0.15) is 0 Å². The van der Waals surface area contributed by atoms with Crippen molar-refractivity contribution in [2.24, 2.45) is 0 Å². The number of nitrogens with zero attached hydrogens (tertiary/aromatic N) is 4. The third-order valence-electron chi connectivity index (χ3n) is 5.66. The number of pyridine rings is 1. The predicted octanol–water partition coefficient (Wildman–Crippen LogP) is 3.02. The SMILES string of the molecule is O=c1ccc2cnc(Nc3ccc(N4CCNCC4)cc3)nc2n1CCOc1ccccc1. The largest absolute Gasteiger partial charge is 0.492 e. The Labute approximate surface area is 191 Å². The molecule has 2 aromatic heterocycles. The molecule has 0 bridgehead atoms. The van der Waals surface area contributed by atoms with Crippen molar-refractivity contribution in [2.45, 2.75) is 6.54 Å². The Balaban J connectivity index is 1.32. The maximum absolute atomic E-state index is 12.6. The van der Waals surface area contributed by atoms with Gasteiger partial charge in [0, 0.05) is 55.2 Å². The second-order valence-electron chi connectivity index (χ2n) is 7.87. The Hall–Kier alpha value is -3.91. The van der Waals surface area contributed by atoms with Gasteiger partial charge in [-0.3, -0.25) is 9.36 Å². The molecule has 0 radical (unpaired) electrons. The first-order valence-electron chi connectivity index (χ1n) is 11.1. The van der Waals surface area contributed by atoms with E-state index in [1.54, 1.807) is 16.8 Å². The van der Waals surface area contributed by atoms with Crippen LogP contribution >= 0.6 is 0 Å². The number of aromatic nitrogens is 3. The van der Waals surface area contributed by atoms with Gasteiger partial charge in [0.15, 0.2) is 0 Å². The molecule has 4 aromatic rings. The molecule has 168 valence electrons. The number of nitrogens with one attached hydrogen (secondary N) is 2. The van der Waals surface area contributed by atoms with E-state index in [9.17, 15) is 4.79 Å². The Bertz CT molecular complexity index is 1270. The van der Waals surface area contributed by atoms with Crippen molar-refractivity contribution in [1.29, 1.82) is 0 Å². The van der Waals surface area contributed by atoms with E-state index in [1.807, 2.05) is 42.5 Å². The molecule has 0 atom stereocenters. The molecule has 0 unspecified atom stereocenters. The van der Waals surface area contributed by atoms with Gasteiger partial charge in [0.05, 0.1) is 6.54 Å². The molecule has 8 heteroatoms. The van der Waals surface area contributed by atoms with Gasteiger partial charge >= 0.3 is 0 Å². The van der Waals surface area contributed by atoms with Gasteiger partial charge in [-0.25, -0.2) is 4.98 Å². The lowest BCUT2D eigenvalue weighted by Gasteiger charge is -2.29. The molecule has 33 heavy (non-hydrogen) atoms. The molecule has 1 saturated heterocycles. The van der Waals surface area contributed by atoms with Crippen LogP contribution in [-0.4, -0.2) is 47.3 Å². The molecule has 3 heterocycles. The van der Waals surface area contributed by atoms with Crippen LogP contribution in [-0.2, 0) is 6.54 Å². The topological polar surface area (TPSA) is 84.3 Å². The van der Waals surface area contributed by atoms with Crippen LogP contribution in [0.4, 0.5) is 17.3 Å². The van der Waals surface area contributed by atoms with Gasteiger partial charge in [0.25, 0.3) is 5.56 Å². The normalized spacial score (nSPS) is 13.8. The summed E-state index contributed by atoms with van der Waals surface area (Å²) in [6, 6.07) is 21.1. The second kappa shape index (κ2) is 9.70. The first kappa shape index (κ1) is 21.0.